The van der Waals surface area contributed by atoms with Crippen molar-refractivity contribution in [2.24, 2.45) is 0 Å². The summed E-state index contributed by atoms with van der Waals surface area (Å²) < 4.78 is 26.7. The Morgan fingerprint density at radius 3 is 2.65 bits per heavy atom. The number of aryl methyl sites for hydroxylation is 2. The van der Waals surface area contributed by atoms with E-state index in [1.54, 1.807) is 30.5 Å². The average molecular weight is 291 g/mol. The van der Waals surface area contributed by atoms with E-state index in [1.807, 2.05) is 19.1 Å². The molecular weight excluding hydrogens is 274 g/mol. The van der Waals surface area contributed by atoms with Crippen LogP contribution in [0, 0.1) is 6.92 Å². The number of hydrogen-bond donors (Lipinski definition) is 2. The Morgan fingerprint density at radius 2 is 2.00 bits per heavy atom. The lowest BCUT2D eigenvalue weighted by molar-refractivity contribution is 0.600. The number of para-hydroxylation sites is 1. The first-order valence-electron chi connectivity index (χ1n) is 6.23. The van der Waals surface area contributed by atoms with Gasteiger partial charge in [0.15, 0.2) is 0 Å². The first-order chi connectivity index (χ1) is 9.48. The number of anilines is 2. The van der Waals surface area contributed by atoms with E-state index in [4.69, 9.17) is 5.73 Å². The molecule has 6 heteroatoms. The molecule has 0 bridgehead atoms. The molecule has 0 aliphatic heterocycles. The third-order valence-electron chi connectivity index (χ3n) is 2.92. The number of nitrogens with zero attached hydrogens (tertiary/aromatic N) is 1. The molecule has 0 aliphatic carbocycles. The number of pyridine rings is 1. The Hall–Kier alpha value is -2.08. The lowest BCUT2D eigenvalue weighted by atomic mass is 10.2. The molecule has 1 heterocycles. The number of sulfonamides is 1. The maximum atomic E-state index is 12.1. The second-order valence-corrected chi connectivity index (χ2v) is 6.37. The van der Waals surface area contributed by atoms with Crippen LogP contribution in [0.3, 0.4) is 0 Å². The zero-order valence-electron chi connectivity index (χ0n) is 11.2. The first-order valence-corrected chi connectivity index (χ1v) is 7.89. The van der Waals surface area contributed by atoms with Gasteiger partial charge in [-0.1, -0.05) is 18.2 Å². The largest absolute Gasteiger partial charge is 0.397 e. The molecular formula is C14H17N3O2S. The summed E-state index contributed by atoms with van der Waals surface area (Å²) in [4.78, 5) is 4.11. The molecule has 0 unspecified atom stereocenters. The van der Waals surface area contributed by atoms with E-state index in [1.165, 1.54) is 0 Å². The zero-order valence-corrected chi connectivity index (χ0v) is 12.0. The minimum absolute atomic E-state index is 0.0300. The van der Waals surface area contributed by atoms with Gasteiger partial charge in [-0.2, -0.15) is 0 Å². The summed E-state index contributed by atoms with van der Waals surface area (Å²) >= 11 is 0. The SMILES string of the molecule is Cc1cccc(N)c1NS(=O)(=O)CCc1ccccn1. The van der Waals surface area contributed by atoms with Gasteiger partial charge in [0.05, 0.1) is 17.1 Å². The summed E-state index contributed by atoms with van der Waals surface area (Å²) in [6, 6.07) is 10.7. The molecule has 0 radical (unpaired) electrons. The Kier molecular flexibility index (Phi) is 4.24. The third-order valence-corrected chi connectivity index (χ3v) is 4.17. The summed E-state index contributed by atoms with van der Waals surface area (Å²) in [6.45, 7) is 1.81. The van der Waals surface area contributed by atoms with E-state index >= 15 is 0 Å². The van der Waals surface area contributed by atoms with Crippen LogP contribution in [0.25, 0.3) is 0 Å². The minimum Gasteiger partial charge on any atom is -0.397 e. The second-order valence-electron chi connectivity index (χ2n) is 4.53. The Labute approximate surface area is 118 Å². The fourth-order valence-corrected chi connectivity index (χ4v) is 2.99. The number of aromatic nitrogens is 1. The van der Waals surface area contributed by atoms with Gasteiger partial charge in [0.25, 0.3) is 0 Å². The van der Waals surface area contributed by atoms with Gasteiger partial charge in [0, 0.05) is 18.3 Å². The van der Waals surface area contributed by atoms with Crippen LogP contribution in [-0.2, 0) is 16.4 Å². The lowest BCUT2D eigenvalue weighted by Crippen LogP contribution is -2.20. The van der Waals surface area contributed by atoms with Gasteiger partial charge in [-0.25, -0.2) is 8.42 Å². The number of benzene rings is 1. The van der Waals surface area contributed by atoms with Crippen LogP contribution >= 0.6 is 0 Å². The van der Waals surface area contributed by atoms with Crippen LogP contribution in [0.4, 0.5) is 11.4 Å². The summed E-state index contributed by atoms with van der Waals surface area (Å²) in [5.41, 5.74) is 8.22. The topological polar surface area (TPSA) is 85.1 Å². The Morgan fingerprint density at radius 1 is 1.20 bits per heavy atom. The summed E-state index contributed by atoms with van der Waals surface area (Å²) in [7, 11) is -3.45. The molecule has 5 nitrogen and oxygen atoms in total. The van der Waals surface area contributed by atoms with E-state index in [0.717, 1.165) is 11.3 Å². The summed E-state index contributed by atoms with van der Waals surface area (Å²) in [5, 5.41) is 0. The van der Waals surface area contributed by atoms with E-state index < -0.39 is 10.0 Å². The fraction of sp³-hybridized carbons (Fsp3) is 0.214. The molecule has 0 saturated carbocycles. The fourth-order valence-electron chi connectivity index (χ4n) is 1.82. The van der Waals surface area contributed by atoms with Gasteiger partial charge in [-0.15, -0.1) is 0 Å². The van der Waals surface area contributed by atoms with Gasteiger partial charge in [-0.3, -0.25) is 9.71 Å². The normalized spacial score (nSPS) is 11.2. The Balaban J connectivity index is 2.08. The van der Waals surface area contributed by atoms with Crippen LogP contribution < -0.4 is 10.5 Å². The van der Waals surface area contributed by atoms with Crippen molar-refractivity contribution in [3.05, 3.63) is 53.9 Å². The van der Waals surface area contributed by atoms with Gasteiger partial charge < -0.3 is 5.73 Å². The predicted octanol–water partition coefficient (Wildman–Crippen LogP) is 1.96. The van der Waals surface area contributed by atoms with E-state index in [-0.39, 0.29) is 5.75 Å². The zero-order chi connectivity index (χ0) is 14.6. The highest BCUT2D eigenvalue weighted by Crippen LogP contribution is 2.23. The molecule has 1 aromatic heterocycles. The maximum Gasteiger partial charge on any atom is 0.233 e. The van der Waals surface area contributed by atoms with Crippen LogP contribution in [0.1, 0.15) is 11.3 Å². The average Bonchev–Trinajstić information content (AvgIpc) is 2.42. The summed E-state index contributed by atoms with van der Waals surface area (Å²) in [6.07, 6.45) is 2.01. The van der Waals surface area contributed by atoms with Gasteiger partial charge >= 0.3 is 0 Å². The summed E-state index contributed by atoms with van der Waals surface area (Å²) in [5.74, 6) is -0.0300. The van der Waals surface area contributed by atoms with Crippen molar-refractivity contribution in [3.63, 3.8) is 0 Å². The molecule has 0 spiro atoms. The van der Waals surface area contributed by atoms with Gasteiger partial charge in [0.2, 0.25) is 10.0 Å². The Bertz CT molecular complexity index is 665. The highest BCUT2D eigenvalue weighted by atomic mass is 32.2. The lowest BCUT2D eigenvalue weighted by Gasteiger charge is -2.12. The number of nitrogens with two attached hydrogens (primary N) is 1. The van der Waals surface area contributed by atoms with Crippen molar-refractivity contribution in [1.82, 2.24) is 4.98 Å². The molecule has 0 saturated heterocycles. The molecule has 20 heavy (non-hydrogen) atoms. The quantitative estimate of drug-likeness (QED) is 0.825. The van der Waals surface area contributed by atoms with Crippen LogP contribution in [0.2, 0.25) is 0 Å². The smallest absolute Gasteiger partial charge is 0.233 e. The van der Waals surface area contributed by atoms with Crippen molar-refractivity contribution in [3.8, 4) is 0 Å². The monoisotopic (exact) mass is 291 g/mol. The molecule has 0 fully saturated rings. The molecule has 0 aliphatic rings. The van der Waals surface area contributed by atoms with Crippen LogP contribution in [-0.4, -0.2) is 19.2 Å². The number of nitrogens with one attached hydrogen (secondary N) is 1. The highest BCUT2D eigenvalue weighted by Gasteiger charge is 2.14. The second kappa shape index (κ2) is 5.92. The highest BCUT2D eigenvalue weighted by molar-refractivity contribution is 7.92. The molecule has 0 atom stereocenters. The first kappa shape index (κ1) is 14.3. The van der Waals surface area contributed by atoms with E-state index in [9.17, 15) is 8.42 Å². The van der Waals surface area contributed by atoms with Gasteiger partial charge in [-0.05, 0) is 30.7 Å². The van der Waals surface area contributed by atoms with Crippen LogP contribution in [0.15, 0.2) is 42.6 Å². The van der Waals surface area contributed by atoms with Crippen molar-refractivity contribution in [2.45, 2.75) is 13.3 Å². The minimum atomic E-state index is -3.45. The molecule has 1 aromatic carbocycles. The molecule has 2 aromatic rings. The maximum absolute atomic E-state index is 12.1. The third kappa shape index (κ3) is 3.71. The standard InChI is InChI=1S/C14H17N3O2S/c1-11-5-4-7-13(15)14(11)17-20(18,19)10-8-12-6-2-3-9-16-12/h2-7,9,17H,8,10,15H2,1H3. The number of nitrogen functional groups attached to an aromatic ring is 1. The number of hydrogen-bond acceptors (Lipinski definition) is 4. The van der Waals surface area contributed by atoms with Crippen molar-refractivity contribution in [1.29, 1.82) is 0 Å². The van der Waals surface area contributed by atoms with E-state index in [2.05, 4.69) is 9.71 Å². The van der Waals surface area contributed by atoms with Crippen LogP contribution in [0.5, 0.6) is 0 Å². The number of rotatable bonds is 5. The molecule has 106 valence electrons. The van der Waals surface area contributed by atoms with Crippen molar-refractivity contribution < 1.29 is 8.42 Å². The van der Waals surface area contributed by atoms with E-state index in [0.29, 0.717) is 17.8 Å². The predicted molar refractivity (Wildman–Crippen MR) is 80.9 cm³/mol. The van der Waals surface area contributed by atoms with Crippen molar-refractivity contribution in [2.75, 3.05) is 16.2 Å². The molecule has 2 rings (SSSR count). The van der Waals surface area contributed by atoms with Gasteiger partial charge in [0.1, 0.15) is 0 Å². The molecule has 3 N–H and O–H groups in total. The molecule has 0 amide bonds. The van der Waals surface area contributed by atoms with Crippen molar-refractivity contribution >= 4 is 21.4 Å².